The summed E-state index contributed by atoms with van der Waals surface area (Å²) >= 11 is 0. The number of ether oxygens (including phenoxy) is 2. The highest BCUT2D eigenvalue weighted by molar-refractivity contribution is 6.46. The first kappa shape index (κ1) is 20.6. The molecule has 1 unspecified atom stereocenters. The highest BCUT2D eigenvalue weighted by atomic mass is 16.5. The first-order valence-corrected chi connectivity index (χ1v) is 9.38. The van der Waals surface area contributed by atoms with Crippen LogP contribution in [-0.2, 0) is 14.3 Å². The molecule has 0 radical (unpaired) electrons. The van der Waals surface area contributed by atoms with Gasteiger partial charge in [0.1, 0.15) is 11.5 Å². The summed E-state index contributed by atoms with van der Waals surface area (Å²) in [7, 11) is 3.09. The molecule has 0 spiro atoms. The first-order valence-electron chi connectivity index (χ1n) is 9.38. The Hall–Kier alpha value is -3.12. The molecule has 2 aromatic carbocycles. The van der Waals surface area contributed by atoms with E-state index in [1.54, 1.807) is 31.4 Å². The number of benzene rings is 2. The highest BCUT2D eigenvalue weighted by Gasteiger charge is 2.46. The number of rotatable bonds is 6. The minimum Gasteiger partial charge on any atom is -0.507 e. The van der Waals surface area contributed by atoms with Crippen LogP contribution in [0.5, 0.6) is 5.75 Å². The van der Waals surface area contributed by atoms with Gasteiger partial charge >= 0.3 is 0 Å². The lowest BCUT2D eigenvalue weighted by molar-refractivity contribution is -0.140. The van der Waals surface area contributed by atoms with Gasteiger partial charge in [0, 0.05) is 19.2 Å². The molecule has 6 heteroatoms. The van der Waals surface area contributed by atoms with Crippen LogP contribution in [0.1, 0.15) is 28.3 Å². The summed E-state index contributed by atoms with van der Waals surface area (Å²) in [5.41, 5.74) is 3.32. The van der Waals surface area contributed by atoms with Crippen LogP contribution in [0.2, 0.25) is 0 Å². The molecule has 0 saturated carbocycles. The molecule has 152 valence electrons. The quantitative estimate of drug-likeness (QED) is 0.461. The average Bonchev–Trinajstić information content (AvgIpc) is 2.98. The van der Waals surface area contributed by atoms with Gasteiger partial charge in [-0.15, -0.1) is 0 Å². The Labute approximate surface area is 170 Å². The number of nitrogens with zero attached hydrogens (tertiary/aromatic N) is 1. The largest absolute Gasteiger partial charge is 0.507 e. The van der Waals surface area contributed by atoms with E-state index in [-0.39, 0.29) is 24.5 Å². The lowest BCUT2D eigenvalue weighted by Crippen LogP contribution is -2.32. The lowest BCUT2D eigenvalue weighted by Gasteiger charge is -2.25. The summed E-state index contributed by atoms with van der Waals surface area (Å²) in [6.07, 6.45) is 0. The van der Waals surface area contributed by atoms with Crippen LogP contribution >= 0.6 is 0 Å². The third-order valence-electron chi connectivity index (χ3n) is 5.27. The Bertz CT molecular complexity index is 979. The minimum atomic E-state index is -0.721. The smallest absolute Gasteiger partial charge is 0.295 e. The van der Waals surface area contributed by atoms with Crippen molar-refractivity contribution in [3.63, 3.8) is 0 Å². The number of hydrogen-bond donors (Lipinski definition) is 1. The van der Waals surface area contributed by atoms with Crippen molar-refractivity contribution in [2.24, 2.45) is 0 Å². The van der Waals surface area contributed by atoms with Crippen LogP contribution in [0.4, 0.5) is 0 Å². The summed E-state index contributed by atoms with van der Waals surface area (Å²) in [5, 5.41) is 11.0. The lowest BCUT2D eigenvalue weighted by atomic mass is 9.94. The van der Waals surface area contributed by atoms with Gasteiger partial charge in [0.15, 0.2) is 0 Å². The normalized spacial score (nSPS) is 18.3. The van der Waals surface area contributed by atoms with Gasteiger partial charge < -0.3 is 19.5 Å². The van der Waals surface area contributed by atoms with Gasteiger partial charge in [-0.25, -0.2) is 0 Å². The van der Waals surface area contributed by atoms with E-state index in [2.05, 4.69) is 0 Å². The molecule has 0 bridgehead atoms. The van der Waals surface area contributed by atoms with Crippen LogP contribution in [-0.4, -0.2) is 49.1 Å². The van der Waals surface area contributed by atoms with Crippen molar-refractivity contribution < 1.29 is 24.2 Å². The molecule has 1 N–H and O–H groups in total. The molecular formula is C23H25NO5. The Morgan fingerprint density at radius 1 is 1.07 bits per heavy atom. The van der Waals surface area contributed by atoms with Gasteiger partial charge in [-0.3, -0.25) is 9.59 Å². The zero-order chi connectivity index (χ0) is 21.1. The molecule has 1 aliphatic rings. The third kappa shape index (κ3) is 3.89. The van der Waals surface area contributed by atoms with E-state index < -0.39 is 17.7 Å². The maximum absolute atomic E-state index is 12.9. The van der Waals surface area contributed by atoms with E-state index >= 15 is 0 Å². The molecule has 1 fully saturated rings. The standard InChI is InChI=1S/C23H25NO5/c1-14-8-9-17(12-15(14)2)21(25)19-20(16-6-5-7-18(13-16)29-4)24(10-11-28-3)23(27)22(19)26/h5-9,12-13,20,25H,10-11H2,1-4H3/b21-19-. The molecule has 1 aliphatic heterocycles. The summed E-state index contributed by atoms with van der Waals surface area (Å²) in [6.45, 7) is 4.41. The van der Waals surface area contributed by atoms with E-state index in [1.165, 1.54) is 12.0 Å². The van der Waals surface area contributed by atoms with Crippen molar-refractivity contribution in [2.75, 3.05) is 27.4 Å². The molecule has 1 amide bonds. The maximum Gasteiger partial charge on any atom is 0.295 e. The number of ketones is 1. The molecule has 0 aromatic heterocycles. The predicted octanol–water partition coefficient (Wildman–Crippen LogP) is 3.38. The molecule has 1 atom stereocenters. The fraction of sp³-hybridized carbons (Fsp3) is 0.304. The molecule has 1 heterocycles. The molecule has 29 heavy (non-hydrogen) atoms. The number of amides is 1. The van der Waals surface area contributed by atoms with Crippen LogP contribution in [0.3, 0.4) is 0 Å². The third-order valence-corrected chi connectivity index (χ3v) is 5.27. The second-order valence-corrected chi connectivity index (χ2v) is 7.06. The van der Waals surface area contributed by atoms with Crippen LogP contribution in [0.25, 0.3) is 5.76 Å². The molecule has 0 aliphatic carbocycles. The van der Waals surface area contributed by atoms with Crippen LogP contribution in [0.15, 0.2) is 48.0 Å². The van der Waals surface area contributed by atoms with Crippen LogP contribution in [0, 0.1) is 13.8 Å². The van der Waals surface area contributed by atoms with Gasteiger partial charge in [-0.1, -0.05) is 24.3 Å². The molecular weight excluding hydrogens is 370 g/mol. The van der Waals surface area contributed by atoms with Crippen molar-refractivity contribution in [1.82, 2.24) is 4.90 Å². The predicted molar refractivity (Wildman–Crippen MR) is 110 cm³/mol. The van der Waals surface area contributed by atoms with Crippen molar-refractivity contribution in [3.8, 4) is 5.75 Å². The van der Waals surface area contributed by atoms with Gasteiger partial charge in [0.25, 0.3) is 11.7 Å². The molecule has 1 saturated heterocycles. The van der Waals surface area contributed by atoms with Crippen molar-refractivity contribution in [2.45, 2.75) is 19.9 Å². The van der Waals surface area contributed by atoms with E-state index in [0.717, 1.165) is 11.1 Å². The van der Waals surface area contributed by atoms with E-state index in [1.807, 2.05) is 32.0 Å². The topological polar surface area (TPSA) is 76.1 Å². The zero-order valence-electron chi connectivity index (χ0n) is 17.1. The van der Waals surface area contributed by atoms with Gasteiger partial charge in [-0.05, 0) is 48.7 Å². The fourth-order valence-electron chi connectivity index (χ4n) is 3.50. The maximum atomic E-state index is 12.9. The van der Waals surface area contributed by atoms with Crippen molar-refractivity contribution in [1.29, 1.82) is 0 Å². The number of aryl methyl sites for hydroxylation is 2. The number of carbonyl (C=O) groups excluding carboxylic acids is 2. The number of hydrogen-bond acceptors (Lipinski definition) is 5. The number of aliphatic hydroxyl groups excluding tert-OH is 1. The SMILES string of the molecule is COCCN1C(=O)C(=O)/C(=C(\O)c2ccc(C)c(C)c2)C1c1cccc(OC)c1. The second-order valence-electron chi connectivity index (χ2n) is 7.06. The van der Waals surface area contributed by atoms with E-state index in [0.29, 0.717) is 16.9 Å². The zero-order valence-corrected chi connectivity index (χ0v) is 17.1. The number of carbonyl (C=O) groups is 2. The summed E-state index contributed by atoms with van der Waals surface area (Å²) in [6, 6.07) is 11.9. The summed E-state index contributed by atoms with van der Waals surface area (Å²) in [5.74, 6) is -0.935. The highest BCUT2D eigenvalue weighted by Crippen LogP contribution is 2.40. The Morgan fingerprint density at radius 3 is 2.48 bits per heavy atom. The first-order chi connectivity index (χ1) is 13.9. The number of aliphatic hydroxyl groups is 1. The Kier molecular flexibility index (Phi) is 6.03. The average molecular weight is 395 g/mol. The van der Waals surface area contributed by atoms with Gasteiger partial charge in [0.05, 0.1) is 25.3 Å². The minimum absolute atomic E-state index is 0.0719. The number of Topliss-reactive ketones (excluding diaryl/α,β-unsaturated/α-hetero) is 1. The Morgan fingerprint density at radius 2 is 1.83 bits per heavy atom. The van der Waals surface area contributed by atoms with Gasteiger partial charge in [0.2, 0.25) is 0 Å². The number of likely N-dealkylation sites (tertiary alicyclic amines) is 1. The van der Waals surface area contributed by atoms with Crippen LogP contribution < -0.4 is 4.74 Å². The summed E-state index contributed by atoms with van der Waals surface area (Å²) in [4.78, 5) is 27.1. The molecule has 6 nitrogen and oxygen atoms in total. The second kappa shape index (κ2) is 8.49. The molecule has 2 aromatic rings. The van der Waals surface area contributed by atoms with Crippen molar-refractivity contribution >= 4 is 17.4 Å². The molecule has 3 rings (SSSR count). The van der Waals surface area contributed by atoms with Gasteiger partial charge in [-0.2, -0.15) is 0 Å². The monoisotopic (exact) mass is 395 g/mol. The fourth-order valence-corrected chi connectivity index (χ4v) is 3.50. The van der Waals surface area contributed by atoms with E-state index in [9.17, 15) is 14.7 Å². The number of methoxy groups -OCH3 is 2. The van der Waals surface area contributed by atoms with Crippen molar-refractivity contribution in [3.05, 3.63) is 70.3 Å². The summed E-state index contributed by atoms with van der Waals surface area (Å²) < 4.78 is 10.4. The Balaban J connectivity index is 2.19. The van der Waals surface area contributed by atoms with E-state index in [4.69, 9.17) is 9.47 Å².